The van der Waals surface area contributed by atoms with Crippen LogP contribution in [0.2, 0.25) is 0 Å². The van der Waals surface area contributed by atoms with Crippen molar-refractivity contribution in [1.82, 2.24) is 0 Å². The number of rotatable bonds is 5. The van der Waals surface area contributed by atoms with Gasteiger partial charge in [-0.05, 0) is 26.0 Å². The van der Waals surface area contributed by atoms with Crippen molar-refractivity contribution in [3.63, 3.8) is 0 Å². The predicted molar refractivity (Wildman–Crippen MR) is 79.5 cm³/mol. The molecule has 0 aliphatic carbocycles. The van der Waals surface area contributed by atoms with Gasteiger partial charge in [-0.15, -0.1) is 0 Å². The first-order valence-electron chi connectivity index (χ1n) is 6.62. The van der Waals surface area contributed by atoms with Crippen molar-refractivity contribution < 1.29 is 9.47 Å². The summed E-state index contributed by atoms with van der Waals surface area (Å²) >= 11 is 0. The number of amidine groups is 1. The van der Waals surface area contributed by atoms with Gasteiger partial charge in [0.05, 0.1) is 13.2 Å². The Morgan fingerprint density at radius 2 is 1.79 bits per heavy atom. The van der Waals surface area contributed by atoms with Crippen LogP contribution >= 0.6 is 0 Å². The monoisotopic (exact) mass is 264 g/mol. The fourth-order valence-electron chi connectivity index (χ4n) is 1.42. The molecule has 0 aliphatic heterocycles. The molecule has 0 bridgehead atoms. The summed E-state index contributed by atoms with van der Waals surface area (Å²) in [5.41, 5.74) is 6.56. The van der Waals surface area contributed by atoms with E-state index in [0.717, 1.165) is 11.5 Å². The second-order valence-electron chi connectivity index (χ2n) is 5.24. The van der Waals surface area contributed by atoms with E-state index in [1.807, 2.05) is 52.8 Å². The molecule has 1 rings (SSSR count). The van der Waals surface area contributed by atoms with Crippen LogP contribution in [0.4, 0.5) is 5.69 Å². The van der Waals surface area contributed by atoms with Crippen molar-refractivity contribution >= 4 is 11.5 Å². The summed E-state index contributed by atoms with van der Waals surface area (Å²) in [6, 6.07) is 5.59. The number of nitrogens with two attached hydrogens (primary N) is 1. The SMILES string of the molecule is CCOc1ccc(OCC)c(N=C(N)C(C)(C)C)c1. The van der Waals surface area contributed by atoms with Crippen LogP contribution in [0.3, 0.4) is 0 Å². The Kier molecular flexibility index (Phi) is 5.21. The third-order valence-corrected chi connectivity index (χ3v) is 2.55. The largest absolute Gasteiger partial charge is 0.494 e. The van der Waals surface area contributed by atoms with Gasteiger partial charge in [-0.3, -0.25) is 0 Å². The van der Waals surface area contributed by atoms with E-state index in [4.69, 9.17) is 15.2 Å². The van der Waals surface area contributed by atoms with E-state index >= 15 is 0 Å². The number of nitrogens with zero attached hydrogens (tertiary/aromatic N) is 1. The van der Waals surface area contributed by atoms with Gasteiger partial charge in [0.1, 0.15) is 23.0 Å². The highest BCUT2D eigenvalue weighted by Gasteiger charge is 2.16. The maximum Gasteiger partial charge on any atom is 0.145 e. The first-order valence-corrected chi connectivity index (χ1v) is 6.62. The Labute approximate surface area is 115 Å². The van der Waals surface area contributed by atoms with Crippen molar-refractivity contribution in [1.29, 1.82) is 0 Å². The normalized spacial score (nSPS) is 12.4. The highest BCUT2D eigenvalue weighted by molar-refractivity contribution is 5.88. The van der Waals surface area contributed by atoms with Gasteiger partial charge < -0.3 is 15.2 Å². The molecule has 0 fully saturated rings. The Bertz CT molecular complexity index is 448. The summed E-state index contributed by atoms with van der Waals surface area (Å²) in [6.07, 6.45) is 0. The van der Waals surface area contributed by atoms with Crippen molar-refractivity contribution in [2.24, 2.45) is 16.1 Å². The van der Waals surface area contributed by atoms with Gasteiger partial charge in [0.25, 0.3) is 0 Å². The Morgan fingerprint density at radius 1 is 1.16 bits per heavy atom. The van der Waals surface area contributed by atoms with Crippen molar-refractivity contribution in [2.45, 2.75) is 34.6 Å². The molecular weight excluding hydrogens is 240 g/mol. The fourth-order valence-corrected chi connectivity index (χ4v) is 1.42. The minimum absolute atomic E-state index is 0.175. The van der Waals surface area contributed by atoms with Crippen LogP contribution in [-0.4, -0.2) is 19.0 Å². The molecule has 0 heterocycles. The summed E-state index contributed by atoms with van der Waals surface area (Å²) in [4.78, 5) is 4.48. The van der Waals surface area contributed by atoms with Crippen molar-refractivity contribution in [3.8, 4) is 11.5 Å². The molecule has 4 nitrogen and oxygen atoms in total. The Morgan fingerprint density at radius 3 is 2.32 bits per heavy atom. The van der Waals surface area contributed by atoms with E-state index in [1.165, 1.54) is 0 Å². The number of hydrogen-bond donors (Lipinski definition) is 1. The van der Waals surface area contributed by atoms with Crippen LogP contribution in [0.15, 0.2) is 23.2 Å². The molecule has 0 atom stereocenters. The molecule has 0 saturated carbocycles. The lowest BCUT2D eigenvalue weighted by Gasteiger charge is -2.18. The first kappa shape index (κ1) is 15.3. The van der Waals surface area contributed by atoms with Gasteiger partial charge in [0.15, 0.2) is 0 Å². The maximum absolute atomic E-state index is 6.03. The van der Waals surface area contributed by atoms with Crippen LogP contribution in [0.5, 0.6) is 11.5 Å². The zero-order valence-corrected chi connectivity index (χ0v) is 12.5. The third kappa shape index (κ3) is 4.47. The van der Waals surface area contributed by atoms with Gasteiger partial charge >= 0.3 is 0 Å². The molecule has 19 heavy (non-hydrogen) atoms. The molecule has 0 radical (unpaired) electrons. The van der Waals surface area contributed by atoms with Gasteiger partial charge in [0, 0.05) is 11.5 Å². The molecule has 0 aromatic heterocycles. The van der Waals surface area contributed by atoms with Crippen LogP contribution in [0, 0.1) is 5.41 Å². The predicted octanol–water partition coefficient (Wildman–Crippen LogP) is 3.52. The minimum Gasteiger partial charge on any atom is -0.494 e. The molecule has 0 spiro atoms. The molecule has 4 heteroatoms. The van der Waals surface area contributed by atoms with E-state index in [0.29, 0.717) is 24.7 Å². The molecule has 0 saturated heterocycles. The molecule has 0 amide bonds. The number of aliphatic imine (C=N–C) groups is 1. The zero-order valence-electron chi connectivity index (χ0n) is 12.5. The van der Waals surface area contributed by atoms with E-state index < -0.39 is 0 Å². The van der Waals surface area contributed by atoms with Crippen molar-refractivity contribution in [3.05, 3.63) is 18.2 Å². The van der Waals surface area contributed by atoms with Gasteiger partial charge in [-0.2, -0.15) is 0 Å². The Balaban J connectivity index is 3.17. The molecule has 1 aromatic rings. The standard InChI is InChI=1S/C15H24N2O2/c1-6-18-11-8-9-13(19-7-2)12(10-11)17-14(16)15(3,4)5/h8-10H,6-7H2,1-5H3,(H2,16,17). The van der Waals surface area contributed by atoms with Crippen LogP contribution in [0.1, 0.15) is 34.6 Å². The average molecular weight is 264 g/mol. The Hall–Kier alpha value is -1.71. The molecule has 2 N–H and O–H groups in total. The fraction of sp³-hybridized carbons (Fsp3) is 0.533. The summed E-state index contributed by atoms with van der Waals surface area (Å²) in [5, 5.41) is 0. The molecule has 1 aromatic carbocycles. The number of benzene rings is 1. The zero-order chi connectivity index (χ0) is 14.5. The van der Waals surface area contributed by atoms with Gasteiger partial charge in [-0.1, -0.05) is 20.8 Å². The van der Waals surface area contributed by atoms with Crippen LogP contribution in [-0.2, 0) is 0 Å². The highest BCUT2D eigenvalue weighted by Crippen LogP contribution is 2.33. The third-order valence-electron chi connectivity index (χ3n) is 2.55. The smallest absolute Gasteiger partial charge is 0.145 e. The average Bonchev–Trinajstić information content (AvgIpc) is 2.32. The van der Waals surface area contributed by atoms with Gasteiger partial charge in [0.2, 0.25) is 0 Å². The van der Waals surface area contributed by atoms with E-state index in [-0.39, 0.29) is 5.41 Å². The highest BCUT2D eigenvalue weighted by atomic mass is 16.5. The lowest BCUT2D eigenvalue weighted by molar-refractivity contribution is 0.331. The first-order chi connectivity index (χ1) is 8.88. The summed E-state index contributed by atoms with van der Waals surface area (Å²) in [5.74, 6) is 2.06. The maximum atomic E-state index is 6.03. The van der Waals surface area contributed by atoms with Crippen molar-refractivity contribution in [2.75, 3.05) is 13.2 Å². The van der Waals surface area contributed by atoms with Crippen LogP contribution < -0.4 is 15.2 Å². The lowest BCUT2D eigenvalue weighted by Crippen LogP contribution is -2.28. The molecule has 0 unspecified atom stereocenters. The molecule has 106 valence electrons. The quantitative estimate of drug-likeness (QED) is 0.654. The van der Waals surface area contributed by atoms with E-state index in [9.17, 15) is 0 Å². The second-order valence-corrected chi connectivity index (χ2v) is 5.24. The molecular formula is C15H24N2O2. The number of ether oxygens (including phenoxy) is 2. The number of hydrogen-bond acceptors (Lipinski definition) is 3. The lowest BCUT2D eigenvalue weighted by atomic mass is 9.95. The topological polar surface area (TPSA) is 56.8 Å². The minimum atomic E-state index is -0.175. The summed E-state index contributed by atoms with van der Waals surface area (Å²) < 4.78 is 11.0. The van der Waals surface area contributed by atoms with Gasteiger partial charge in [-0.25, -0.2) is 4.99 Å². The van der Waals surface area contributed by atoms with E-state index in [1.54, 1.807) is 0 Å². The second kappa shape index (κ2) is 6.45. The van der Waals surface area contributed by atoms with Crippen LogP contribution in [0.25, 0.3) is 0 Å². The van der Waals surface area contributed by atoms with E-state index in [2.05, 4.69) is 4.99 Å². The summed E-state index contributed by atoms with van der Waals surface area (Å²) in [7, 11) is 0. The summed E-state index contributed by atoms with van der Waals surface area (Å²) in [6.45, 7) is 11.2. The molecule has 0 aliphatic rings.